The summed E-state index contributed by atoms with van der Waals surface area (Å²) < 4.78 is 31.1. The minimum absolute atomic E-state index is 0. The van der Waals surface area contributed by atoms with Gasteiger partial charge in [0.15, 0.2) is 23.4 Å². The lowest BCUT2D eigenvalue weighted by molar-refractivity contribution is -0.0119. The summed E-state index contributed by atoms with van der Waals surface area (Å²) >= 11 is 0. The number of carbonyl (C=O) groups is 1. The molecule has 0 rings (SSSR count). The van der Waals surface area contributed by atoms with Crippen molar-refractivity contribution in [2.45, 2.75) is 78.6 Å². The number of hydrogen-bond acceptors (Lipinski definition) is 7. The summed E-state index contributed by atoms with van der Waals surface area (Å²) in [7, 11) is -3.96. The fourth-order valence-corrected chi connectivity index (χ4v) is 15.8. The van der Waals surface area contributed by atoms with Gasteiger partial charge >= 0.3 is 14.7 Å². The molecule has 0 heterocycles. The standard InChI is InChI=1S/C14H34O4Si3.C4H6O3.C2H6.H2O/c1-9-15-14-16-12-10-11-13-20(5,6)18-21(7,8)17-19(2,3)4;1-3-7-4(5)6-2;1-2;/h9H,1,10-14H2,2-8H3;3H,1H2,2H3;1-2H3;1H2. The van der Waals surface area contributed by atoms with Crippen LogP contribution in [-0.4, -0.2) is 57.3 Å². The highest BCUT2D eigenvalue weighted by Gasteiger charge is 2.37. The van der Waals surface area contributed by atoms with Gasteiger partial charge in [-0.1, -0.05) is 33.4 Å². The van der Waals surface area contributed by atoms with E-state index in [1.54, 1.807) is 0 Å². The van der Waals surface area contributed by atoms with E-state index in [-0.39, 0.29) is 5.48 Å². The first-order valence-electron chi connectivity index (χ1n) is 10.3. The monoisotopic (exact) mass is 500 g/mol. The summed E-state index contributed by atoms with van der Waals surface area (Å²) in [6.07, 6.45) is 3.83. The first kappa shape index (κ1) is 37.4. The molecular formula is C20H48O8Si3. The Morgan fingerprint density at radius 2 is 1.45 bits per heavy atom. The van der Waals surface area contributed by atoms with Gasteiger partial charge in [0.1, 0.15) is 0 Å². The third kappa shape index (κ3) is 31.3. The van der Waals surface area contributed by atoms with Gasteiger partial charge < -0.3 is 32.7 Å². The van der Waals surface area contributed by atoms with E-state index in [1.807, 2.05) is 13.8 Å². The third-order valence-electron chi connectivity index (χ3n) is 3.01. The summed E-state index contributed by atoms with van der Waals surface area (Å²) in [6, 6.07) is 1.14. The second kappa shape index (κ2) is 20.9. The normalized spacial score (nSPS) is 10.8. The highest BCUT2D eigenvalue weighted by Crippen LogP contribution is 2.24. The molecule has 0 aliphatic heterocycles. The van der Waals surface area contributed by atoms with Crippen LogP contribution in [0.1, 0.15) is 26.7 Å². The summed E-state index contributed by atoms with van der Waals surface area (Å²) in [6.45, 7) is 27.2. The predicted molar refractivity (Wildman–Crippen MR) is 135 cm³/mol. The Balaban J connectivity index is -0.000000308. The maximum Gasteiger partial charge on any atom is 0.512 e. The molecule has 0 aromatic heterocycles. The predicted octanol–water partition coefficient (Wildman–Crippen LogP) is 5.79. The Bertz CT molecular complexity index is 452. The molecule has 31 heavy (non-hydrogen) atoms. The first-order chi connectivity index (χ1) is 13.8. The Kier molecular flexibility index (Phi) is 25.2. The van der Waals surface area contributed by atoms with Crippen molar-refractivity contribution in [1.82, 2.24) is 0 Å². The molecule has 0 aliphatic carbocycles. The number of hydrogen-bond donors (Lipinski definition) is 0. The molecule has 0 atom stereocenters. The van der Waals surface area contributed by atoms with Gasteiger partial charge in [0.05, 0.1) is 26.2 Å². The molecule has 188 valence electrons. The Hall–Kier alpha value is -0.959. The van der Waals surface area contributed by atoms with E-state index in [0.717, 1.165) is 31.8 Å². The van der Waals surface area contributed by atoms with Crippen molar-refractivity contribution < 1.29 is 37.4 Å². The fraction of sp³-hybridized carbons (Fsp3) is 0.750. The Morgan fingerprint density at radius 1 is 0.903 bits per heavy atom. The van der Waals surface area contributed by atoms with Crippen LogP contribution in [0.4, 0.5) is 4.79 Å². The minimum Gasteiger partial charge on any atom is -0.476 e. The van der Waals surface area contributed by atoms with Crippen molar-refractivity contribution >= 4 is 31.4 Å². The molecule has 0 saturated carbocycles. The largest absolute Gasteiger partial charge is 0.512 e. The smallest absolute Gasteiger partial charge is 0.476 e. The molecule has 11 heteroatoms. The number of unbranched alkanes of at least 4 members (excludes halogenated alkanes) is 1. The van der Waals surface area contributed by atoms with Gasteiger partial charge in [0.2, 0.25) is 0 Å². The molecule has 0 aromatic rings. The van der Waals surface area contributed by atoms with Crippen LogP contribution in [0.25, 0.3) is 0 Å². The Labute approximate surface area is 193 Å². The van der Waals surface area contributed by atoms with Crippen molar-refractivity contribution in [2.24, 2.45) is 0 Å². The highest BCUT2D eigenvalue weighted by atomic mass is 28.5. The van der Waals surface area contributed by atoms with Gasteiger partial charge in [0, 0.05) is 0 Å². The molecule has 0 amide bonds. The zero-order valence-electron chi connectivity index (χ0n) is 21.5. The van der Waals surface area contributed by atoms with E-state index in [0.29, 0.717) is 6.79 Å². The van der Waals surface area contributed by atoms with Gasteiger partial charge in [-0.15, -0.1) is 0 Å². The number of carbonyl (C=O) groups excluding carboxylic acids is 1. The fourth-order valence-electron chi connectivity index (χ4n) is 2.50. The summed E-state index contributed by atoms with van der Waals surface area (Å²) in [5, 5.41) is 0. The van der Waals surface area contributed by atoms with E-state index >= 15 is 0 Å². The van der Waals surface area contributed by atoms with Crippen LogP contribution in [0.2, 0.25) is 51.9 Å². The number of rotatable bonds is 13. The van der Waals surface area contributed by atoms with Crippen LogP contribution < -0.4 is 0 Å². The molecule has 0 saturated heterocycles. The lowest BCUT2D eigenvalue weighted by atomic mass is 10.4. The topological polar surface area (TPSA) is 104 Å². The number of methoxy groups -OCH3 is 1. The molecule has 0 radical (unpaired) electrons. The van der Waals surface area contributed by atoms with Gasteiger partial charge in [-0.2, -0.15) is 0 Å². The molecule has 0 aliphatic rings. The molecule has 0 aromatic carbocycles. The van der Waals surface area contributed by atoms with Gasteiger partial charge in [-0.05, 0) is 58.3 Å². The van der Waals surface area contributed by atoms with E-state index < -0.39 is 31.4 Å². The quantitative estimate of drug-likeness (QED) is 0.104. The molecule has 0 spiro atoms. The average molecular weight is 501 g/mol. The van der Waals surface area contributed by atoms with Crippen molar-refractivity contribution in [2.75, 3.05) is 20.5 Å². The lowest BCUT2D eigenvalue weighted by Crippen LogP contribution is -2.51. The molecule has 2 N–H and O–H groups in total. The summed E-state index contributed by atoms with van der Waals surface area (Å²) in [5.74, 6) is 0. The summed E-state index contributed by atoms with van der Waals surface area (Å²) in [4.78, 5) is 9.90. The first-order valence-corrected chi connectivity index (χ1v) is 19.7. The molecule has 0 unspecified atom stereocenters. The SMILES string of the molecule is C=COC(=O)OC.C=COCOCCCC[Si](C)(C)O[Si](C)(C)O[Si](C)(C)C.CC.O. The maximum absolute atomic E-state index is 9.90. The van der Waals surface area contributed by atoms with Crippen molar-refractivity contribution in [3.63, 3.8) is 0 Å². The van der Waals surface area contributed by atoms with Gasteiger partial charge in [0.25, 0.3) is 0 Å². The Morgan fingerprint density at radius 3 is 1.84 bits per heavy atom. The van der Waals surface area contributed by atoms with Crippen molar-refractivity contribution in [3.05, 3.63) is 25.7 Å². The van der Waals surface area contributed by atoms with Crippen LogP contribution in [0.3, 0.4) is 0 Å². The zero-order chi connectivity index (χ0) is 24.3. The minimum atomic E-state index is -2.00. The van der Waals surface area contributed by atoms with E-state index in [9.17, 15) is 4.79 Å². The number of ether oxygens (including phenoxy) is 4. The second-order valence-electron chi connectivity index (χ2n) is 8.03. The molecule has 0 fully saturated rings. The van der Waals surface area contributed by atoms with E-state index in [1.165, 1.54) is 13.4 Å². The van der Waals surface area contributed by atoms with Gasteiger partial charge in [-0.25, -0.2) is 4.79 Å². The van der Waals surface area contributed by atoms with Gasteiger partial charge in [-0.3, -0.25) is 0 Å². The average Bonchev–Trinajstić information content (AvgIpc) is 2.60. The van der Waals surface area contributed by atoms with Crippen molar-refractivity contribution in [1.29, 1.82) is 0 Å². The second-order valence-corrected chi connectivity index (χ2v) is 20.7. The summed E-state index contributed by atoms with van der Waals surface area (Å²) in [5.41, 5.74) is 0. The zero-order valence-corrected chi connectivity index (χ0v) is 24.5. The van der Waals surface area contributed by atoms with Crippen LogP contribution in [-0.2, 0) is 27.2 Å². The third-order valence-corrected chi connectivity index (χ3v) is 13.2. The van der Waals surface area contributed by atoms with Crippen molar-refractivity contribution in [3.8, 4) is 0 Å². The molecule has 0 bridgehead atoms. The lowest BCUT2D eigenvalue weighted by Gasteiger charge is -2.37. The van der Waals surface area contributed by atoms with E-state index in [2.05, 4.69) is 68.5 Å². The van der Waals surface area contributed by atoms with Crippen LogP contribution in [0.5, 0.6) is 0 Å². The highest BCUT2D eigenvalue weighted by molar-refractivity contribution is 6.87. The van der Waals surface area contributed by atoms with E-state index in [4.69, 9.17) is 17.7 Å². The molecular weight excluding hydrogens is 452 g/mol. The van der Waals surface area contributed by atoms with Crippen LogP contribution in [0.15, 0.2) is 25.7 Å². The maximum atomic E-state index is 9.90. The van der Waals surface area contributed by atoms with Crippen LogP contribution >= 0.6 is 0 Å². The molecule has 8 nitrogen and oxygen atoms in total. The van der Waals surface area contributed by atoms with Crippen LogP contribution in [0, 0.1) is 0 Å².